The number of rotatable bonds is 6. The van der Waals surface area contributed by atoms with Crippen molar-refractivity contribution in [1.29, 1.82) is 0 Å². The third kappa shape index (κ3) is 4.57. The van der Waals surface area contributed by atoms with Crippen LogP contribution in [0.15, 0.2) is 59.5 Å². The fraction of sp³-hybridized carbons (Fsp3) is 0.150. The summed E-state index contributed by atoms with van der Waals surface area (Å²) >= 11 is 0.830. The van der Waals surface area contributed by atoms with Crippen LogP contribution in [-0.4, -0.2) is 35.1 Å². The quantitative estimate of drug-likeness (QED) is 0.770. The average molecular weight is 382 g/mol. The van der Waals surface area contributed by atoms with Gasteiger partial charge in [0.1, 0.15) is 12.3 Å². The zero-order valence-electron chi connectivity index (χ0n) is 14.7. The summed E-state index contributed by atoms with van der Waals surface area (Å²) in [5.74, 6) is -0.404. The zero-order chi connectivity index (χ0) is 19.2. The van der Waals surface area contributed by atoms with Gasteiger partial charge in [-0.3, -0.25) is 19.3 Å². The molecule has 0 aromatic heterocycles. The van der Waals surface area contributed by atoms with E-state index >= 15 is 0 Å². The maximum Gasteiger partial charge on any atom is 0.294 e. The Hall–Kier alpha value is -3.06. The van der Waals surface area contributed by atoms with Crippen LogP contribution in [0.2, 0.25) is 0 Å². The Balaban J connectivity index is 1.69. The van der Waals surface area contributed by atoms with Gasteiger partial charge in [-0.15, -0.1) is 0 Å². The molecule has 0 saturated carbocycles. The van der Waals surface area contributed by atoms with Gasteiger partial charge in [-0.05, 0) is 42.5 Å². The molecule has 1 N–H and O–H groups in total. The standard InChI is InChI=1S/C20H18N2O4S/c1-2-26-16-11-7-6-10-15(16)21-18(23)13-22-19(24)17(27-20(22)25)12-14-8-4-3-5-9-14/h3-12H,2,13H2,1H3,(H,21,23)/b17-12+. The molecule has 1 heterocycles. The summed E-state index contributed by atoms with van der Waals surface area (Å²) in [5.41, 5.74) is 1.31. The van der Waals surface area contributed by atoms with Gasteiger partial charge in [0.25, 0.3) is 11.1 Å². The summed E-state index contributed by atoms with van der Waals surface area (Å²) in [7, 11) is 0. The fourth-order valence-electron chi connectivity index (χ4n) is 2.52. The molecule has 2 aromatic rings. The summed E-state index contributed by atoms with van der Waals surface area (Å²) < 4.78 is 5.46. The van der Waals surface area contributed by atoms with Gasteiger partial charge >= 0.3 is 0 Å². The van der Waals surface area contributed by atoms with Crippen molar-refractivity contribution in [3.05, 3.63) is 65.1 Å². The number of amides is 3. The Morgan fingerprint density at radius 2 is 1.81 bits per heavy atom. The minimum Gasteiger partial charge on any atom is -0.492 e. The van der Waals surface area contributed by atoms with Crippen molar-refractivity contribution in [2.24, 2.45) is 0 Å². The third-order valence-corrected chi connectivity index (χ3v) is 4.64. The second-order valence-corrected chi connectivity index (χ2v) is 6.65. The Kier molecular flexibility index (Phi) is 5.93. The van der Waals surface area contributed by atoms with Crippen molar-refractivity contribution in [2.45, 2.75) is 6.92 Å². The maximum absolute atomic E-state index is 12.5. The number of thioether (sulfide) groups is 1. The SMILES string of the molecule is CCOc1ccccc1NC(=O)CN1C(=O)S/C(=C/c2ccccc2)C1=O. The van der Waals surface area contributed by atoms with Crippen molar-refractivity contribution < 1.29 is 19.1 Å². The number of hydrogen-bond acceptors (Lipinski definition) is 5. The van der Waals surface area contributed by atoms with Gasteiger partial charge in [-0.1, -0.05) is 42.5 Å². The number of anilines is 1. The van der Waals surface area contributed by atoms with E-state index in [-0.39, 0.29) is 6.54 Å². The average Bonchev–Trinajstić information content (AvgIpc) is 2.92. The van der Waals surface area contributed by atoms with Gasteiger partial charge in [-0.2, -0.15) is 0 Å². The van der Waals surface area contributed by atoms with Crippen LogP contribution in [0.5, 0.6) is 5.75 Å². The molecule has 3 amide bonds. The fourth-order valence-corrected chi connectivity index (χ4v) is 3.36. The molecule has 3 rings (SSSR count). The number of benzene rings is 2. The van der Waals surface area contributed by atoms with Gasteiger partial charge < -0.3 is 10.1 Å². The first kappa shape index (κ1) is 18.7. The van der Waals surface area contributed by atoms with E-state index in [4.69, 9.17) is 4.74 Å². The molecule has 0 spiro atoms. The summed E-state index contributed by atoms with van der Waals surface area (Å²) in [6.07, 6.45) is 1.65. The highest BCUT2D eigenvalue weighted by atomic mass is 32.2. The first-order chi connectivity index (χ1) is 13.1. The van der Waals surface area contributed by atoms with Crippen molar-refractivity contribution in [1.82, 2.24) is 4.90 Å². The summed E-state index contributed by atoms with van der Waals surface area (Å²) in [6, 6.07) is 16.2. The lowest BCUT2D eigenvalue weighted by atomic mass is 10.2. The predicted molar refractivity (Wildman–Crippen MR) is 105 cm³/mol. The number of hydrogen-bond donors (Lipinski definition) is 1. The van der Waals surface area contributed by atoms with Crippen molar-refractivity contribution >= 4 is 40.6 Å². The number of nitrogens with zero attached hydrogens (tertiary/aromatic N) is 1. The number of nitrogens with one attached hydrogen (secondary N) is 1. The molecule has 0 atom stereocenters. The van der Waals surface area contributed by atoms with Crippen LogP contribution in [0.25, 0.3) is 6.08 Å². The van der Waals surface area contributed by atoms with Crippen LogP contribution in [0.3, 0.4) is 0 Å². The van der Waals surface area contributed by atoms with E-state index in [9.17, 15) is 14.4 Å². The second kappa shape index (κ2) is 8.55. The number of para-hydroxylation sites is 2. The molecule has 1 aliphatic rings. The Bertz CT molecular complexity index is 896. The first-order valence-electron chi connectivity index (χ1n) is 8.40. The second-order valence-electron chi connectivity index (χ2n) is 5.66. The predicted octanol–water partition coefficient (Wildman–Crippen LogP) is 3.76. The van der Waals surface area contributed by atoms with Gasteiger partial charge in [0, 0.05) is 0 Å². The molecule has 27 heavy (non-hydrogen) atoms. The summed E-state index contributed by atoms with van der Waals surface area (Å²) in [6.45, 7) is 1.95. The molecular weight excluding hydrogens is 364 g/mol. The van der Waals surface area contributed by atoms with Crippen LogP contribution in [0, 0.1) is 0 Å². The topological polar surface area (TPSA) is 75.7 Å². The highest BCUT2D eigenvalue weighted by Crippen LogP contribution is 2.32. The van der Waals surface area contributed by atoms with Gasteiger partial charge in [-0.25, -0.2) is 0 Å². The van der Waals surface area contributed by atoms with E-state index in [0.29, 0.717) is 22.9 Å². The van der Waals surface area contributed by atoms with Crippen LogP contribution in [0.4, 0.5) is 10.5 Å². The lowest BCUT2D eigenvalue weighted by molar-refractivity contribution is -0.127. The Labute approximate surface area is 161 Å². The van der Waals surface area contributed by atoms with Crippen molar-refractivity contribution in [3.63, 3.8) is 0 Å². The highest BCUT2D eigenvalue weighted by molar-refractivity contribution is 8.18. The smallest absolute Gasteiger partial charge is 0.294 e. The van der Waals surface area contributed by atoms with E-state index in [1.165, 1.54) is 0 Å². The van der Waals surface area contributed by atoms with E-state index in [0.717, 1.165) is 22.2 Å². The third-order valence-electron chi connectivity index (χ3n) is 3.73. The molecule has 0 unspecified atom stereocenters. The monoisotopic (exact) mass is 382 g/mol. The molecule has 7 heteroatoms. The minimum atomic E-state index is -0.470. The molecule has 0 bridgehead atoms. The van der Waals surface area contributed by atoms with Gasteiger partial charge in [0.2, 0.25) is 5.91 Å². The van der Waals surface area contributed by atoms with Crippen molar-refractivity contribution in [3.8, 4) is 5.75 Å². The molecule has 1 aliphatic heterocycles. The Morgan fingerprint density at radius 3 is 2.56 bits per heavy atom. The number of carbonyl (C=O) groups is 3. The zero-order valence-corrected chi connectivity index (χ0v) is 15.5. The minimum absolute atomic E-state index is 0.300. The lowest BCUT2D eigenvalue weighted by Crippen LogP contribution is -2.36. The van der Waals surface area contributed by atoms with Gasteiger partial charge in [0.05, 0.1) is 17.2 Å². The maximum atomic E-state index is 12.5. The molecule has 6 nitrogen and oxygen atoms in total. The van der Waals surface area contributed by atoms with E-state index in [2.05, 4.69) is 5.32 Å². The van der Waals surface area contributed by atoms with Crippen LogP contribution in [0.1, 0.15) is 12.5 Å². The molecule has 2 aromatic carbocycles. The van der Waals surface area contributed by atoms with E-state index in [1.54, 1.807) is 30.3 Å². The van der Waals surface area contributed by atoms with Crippen molar-refractivity contribution in [2.75, 3.05) is 18.5 Å². The normalized spacial score (nSPS) is 15.3. The first-order valence-corrected chi connectivity index (χ1v) is 9.22. The summed E-state index contributed by atoms with van der Waals surface area (Å²) in [5, 5.41) is 2.23. The Morgan fingerprint density at radius 1 is 1.11 bits per heavy atom. The number of ether oxygens (including phenoxy) is 1. The lowest BCUT2D eigenvalue weighted by Gasteiger charge is -2.14. The molecule has 138 valence electrons. The number of carbonyl (C=O) groups excluding carboxylic acids is 3. The molecular formula is C20H18N2O4S. The van der Waals surface area contributed by atoms with E-state index in [1.807, 2.05) is 37.3 Å². The molecule has 0 aliphatic carbocycles. The van der Waals surface area contributed by atoms with Crippen LogP contribution < -0.4 is 10.1 Å². The largest absolute Gasteiger partial charge is 0.492 e. The van der Waals surface area contributed by atoms with Gasteiger partial charge in [0.15, 0.2) is 0 Å². The van der Waals surface area contributed by atoms with Crippen LogP contribution >= 0.6 is 11.8 Å². The molecule has 0 radical (unpaired) electrons. The molecule has 1 saturated heterocycles. The van der Waals surface area contributed by atoms with Crippen LogP contribution in [-0.2, 0) is 9.59 Å². The molecule has 1 fully saturated rings. The number of imide groups is 1. The summed E-state index contributed by atoms with van der Waals surface area (Å²) in [4.78, 5) is 38.2. The highest BCUT2D eigenvalue weighted by Gasteiger charge is 2.36. The van der Waals surface area contributed by atoms with E-state index < -0.39 is 17.1 Å².